The number of hydrogen-bond donors (Lipinski definition) is 1. The molecule has 1 rings (SSSR count). The maximum Gasteiger partial charge on any atom is 0.270 e. The Labute approximate surface area is 81.4 Å². The first-order valence-corrected chi connectivity index (χ1v) is 4.13. The number of aromatic nitrogens is 1. The molecule has 0 saturated heterocycles. The van der Waals surface area contributed by atoms with E-state index in [0.717, 1.165) is 0 Å². The smallest absolute Gasteiger partial charge is 0.270 e. The molecule has 1 aromatic rings. The molecule has 13 heavy (non-hydrogen) atoms. The molecule has 1 aromatic heterocycles. The molecule has 0 atom stereocenters. The topological polar surface area (TPSA) is 42.0 Å². The number of rotatable bonds is 3. The number of carbonyl (C=O) groups excluding carboxylic acids is 1. The number of amides is 1. The van der Waals surface area contributed by atoms with Gasteiger partial charge in [-0.25, -0.2) is 4.98 Å². The standard InChI is InChI=1S/C9H9ClN2O/c1-2-6-11-9(13)7-4-3-5-8(10)12-7/h2-5H,1,6H2,(H,11,13). The zero-order valence-corrected chi connectivity index (χ0v) is 7.71. The average molecular weight is 197 g/mol. The fraction of sp³-hybridized carbons (Fsp3) is 0.111. The van der Waals surface area contributed by atoms with E-state index in [1.54, 1.807) is 24.3 Å². The lowest BCUT2D eigenvalue weighted by Crippen LogP contribution is -2.24. The molecule has 68 valence electrons. The maximum absolute atomic E-state index is 11.3. The minimum absolute atomic E-state index is 0.248. The Morgan fingerprint density at radius 1 is 1.69 bits per heavy atom. The monoisotopic (exact) mass is 196 g/mol. The summed E-state index contributed by atoms with van der Waals surface area (Å²) in [6.07, 6.45) is 1.60. The minimum atomic E-state index is -0.248. The van der Waals surface area contributed by atoms with Gasteiger partial charge in [0.2, 0.25) is 0 Å². The number of carbonyl (C=O) groups is 1. The number of hydrogen-bond acceptors (Lipinski definition) is 2. The van der Waals surface area contributed by atoms with Crippen molar-refractivity contribution in [3.63, 3.8) is 0 Å². The molecule has 0 aliphatic heterocycles. The SMILES string of the molecule is C=CCNC(=O)c1cccc(Cl)n1. The molecule has 0 radical (unpaired) electrons. The van der Waals surface area contributed by atoms with E-state index in [9.17, 15) is 4.79 Å². The normalized spacial score (nSPS) is 9.31. The molecule has 0 aliphatic rings. The number of nitrogens with one attached hydrogen (secondary N) is 1. The van der Waals surface area contributed by atoms with Crippen molar-refractivity contribution in [2.45, 2.75) is 0 Å². The summed E-state index contributed by atoms with van der Waals surface area (Å²) in [5, 5.41) is 2.91. The Kier molecular flexibility index (Phi) is 3.46. The minimum Gasteiger partial charge on any atom is -0.347 e. The van der Waals surface area contributed by atoms with Gasteiger partial charge in [0.1, 0.15) is 10.8 Å². The molecule has 1 N–H and O–H groups in total. The first-order valence-electron chi connectivity index (χ1n) is 3.75. The van der Waals surface area contributed by atoms with Crippen molar-refractivity contribution in [3.8, 4) is 0 Å². The largest absolute Gasteiger partial charge is 0.347 e. The molecule has 0 bridgehead atoms. The summed E-state index contributed by atoms with van der Waals surface area (Å²) in [7, 11) is 0. The second-order valence-electron chi connectivity index (χ2n) is 2.34. The molecule has 0 aliphatic carbocycles. The Bertz CT molecular complexity index is 325. The van der Waals surface area contributed by atoms with E-state index in [4.69, 9.17) is 11.6 Å². The fourth-order valence-corrected chi connectivity index (χ4v) is 0.954. The van der Waals surface area contributed by atoms with Gasteiger partial charge in [0, 0.05) is 6.54 Å². The van der Waals surface area contributed by atoms with Crippen molar-refractivity contribution >= 4 is 17.5 Å². The van der Waals surface area contributed by atoms with E-state index in [0.29, 0.717) is 17.4 Å². The van der Waals surface area contributed by atoms with Crippen LogP contribution in [0.15, 0.2) is 30.9 Å². The number of halogens is 1. The highest BCUT2D eigenvalue weighted by Gasteiger charge is 2.04. The van der Waals surface area contributed by atoms with Gasteiger partial charge in [0.15, 0.2) is 0 Å². The van der Waals surface area contributed by atoms with Gasteiger partial charge in [-0.2, -0.15) is 0 Å². The third-order valence-corrected chi connectivity index (χ3v) is 1.57. The van der Waals surface area contributed by atoms with Crippen LogP contribution in [0.2, 0.25) is 5.15 Å². The highest BCUT2D eigenvalue weighted by molar-refractivity contribution is 6.29. The average Bonchev–Trinajstić information content (AvgIpc) is 2.14. The van der Waals surface area contributed by atoms with Crippen molar-refractivity contribution in [3.05, 3.63) is 41.7 Å². The molecule has 1 heterocycles. The lowest BCUT2D eigenvalue weighted by Gasteiger charge is -2.00. The summed E-state index contributed by atoms with van der Waals surface area (Å²) in [4.78, 5) is 15.1. The molecular formula is C9H9ClN2O. The van der Waals surface area contributed by atoms with Crippen molar-refractivity contribution in [2.75, 3.05) is 6.54 Å². The molecule has 0 fully saturated rings. The Morgan fingerprint density at radius 2 is 2.46 bits per heavy atom. The Morgan fingerprint density at radius 3 is 3.08 bits per heavy atom. The Balaban J connectivity index is 2.71. The lowest BCUT2D eigenvalue weighted by molar-refractivity contribution is 0.0953. The number of pyridine rings is 1. The zero-order chi connectivity index (χ0) is 9.68. The first kappa shape index (κ1) is 9.74. The van der Waals surface area contributed by atoms with Crippen LogP contribution < -0.4 is 5.32 Å². The Hall–Kier alpha value is -1.35. The lowest BCUT2D eigenvalue weighted by atomic mass is 10.3. The summed E-state index contributed by atoms with van der Waals surface area (Å²) in [6.45, 7) is 3.91. The van der Waals surface area contributed by atoms with Crippen LogP contribution in [0.1, 0.15) is 10.5 Å². The number of nitrogens with zero attached hydrogens (tertiary/aromatic N) is 1. The highest BCUT2D eigenvalue weighted by atomic mass is 35.5. The van der Waals surface area contributed by atoms with E-state index >= 15 is 0 Å². The molecule has 3 nitrogen and oxygen atoms in total. The van der Waals surface area contributed by atoms with Crippen molar-refractivity contribution in [1.29, 1.82) is 0 Å². The molecule has 0 aromatic carbocycles. The van der Waals surface area contributed by atoms with Crippen LogP contribution >= 0.6 is 11.6 Å². The highest BCUT2D eigenvalue weighted by Crippen LogP contribution is 2.04. The zero-order valence-electron chi connectivity index (χ0n) is 6.96. The molecule has 0 saturated carbocycles. The van der Waals surface area contributed by atoms with Gasteiger partial charge in [-0.3, -0.25) is 4.79 Å². The summed E-state index contributed by atoms with van der Waals surface area (Å²) >= 11 is 5.61. The van der Waals surface area contributed by atoms with Gasteiger partial charge < -0.3 is 5.32 Å². The molecular weight excluding hydrogens is 188 g/mol. The molecule has 0 spiro atoms. The van der Waals surface area contributed by atoms with E-state index in [2.05, 4.69) is 16.9 Å². The summed E-state index contributed by atoms with van der Waals surface area (Å²) in [5.74, 6) is -0.248. The van der Waals surface area contributed by atoms with Crippen LogP contribution in [0.25, 0.3) is 0 Å². The van der Waals surface area contributed by atoms with Gasteiger partial charge in [-0.1, -0.05) is 23.7 Å². The van der Waals surface area contributed by atoms with E-state index in [1.165, 1.54) is 0 Å². The van der Waals surface area contributed by atoms with Crippen LogP contribution in [0, 0.1) is 0 Å². The maximum atomic E-state index is 11.3. The van der Waals surface area contributed by atoms with Crippen LogP contribution in [0.4, 0.5) is 0 Å². The fourth-order valence-electron chi connectivity index (χ4n) is 0.790. The predicted molar refractivity (Wildman–Crippen MR) is 51.8 cm³/mol. The third kappa shape index (κ3) is 2.87. The van der Waals surface area contributed by atoms with Gasteiger partial charge in [0.25, 0.3) is 5.91 Å². The summed E-state index contributed by atoms with van der Waals surface area (Å²) < 4.78 is 0. The van der Waals surface area contributed by atoms with Gasteiger partial charge >= 0.3 is 0 Å². The van der Waals surface area contributed by atoms with Crippen LogP contribution in [-0.2, 0) is 0 Å². The van der Waals surface area contributed by atoms with Gasteiger partial charge in [-0.05, 0) is 12.1 Å². The summed E-state index contributed by atoms with van der Waals surface area (Å²) in [5.41, 5.74) is 0.314. The van der Waals surface area contributed by atoms with Crippen LogP contribution in [0.5, 0.6) is 0 Å². The van der Waals surface area contributed by atoms with Gasteiger partial charge in [-0.15, -0.1) is 6.58 Å². The molecule has 4 heteroatoms. The van der Waals surface area contributed by atoms with E-state index < -0.39 is 0 Å². The van der Waals surface area contributed by atoms with E-state index in [1.807, 2.05) is 0 Å². The third-order valence-electron chi connectivity index (χ3n) is 1.35. The second kappa shape index (κ2) is 4.62. The van der Waals surface area contributed by atoms with Crippen LogP contribution in [-0.4, -0.2) is 17.4 Å². The quantitative estimate of drug-likeness (QED) is 0.590. The summed E-state index contributed by atoms with van der Waals surface area (Å²) in [6, 6.07) is 4.90. The molecule has 1 amide bonds. The second-order valence-corrected chi connectivity index (χ2v) is 2.73. The molecule has 0 unspecified atom stereocenters. The van der Waals surface area contributed by atoms with Gasteiger partial charge in [0.05, 0.1) is 0 Å². The first-order chi connectivity index (χ1) is 6.24. The van der Waals surface area contributed by atoms with E-state index in [-0.39, 0.29) is 5.91 Å². The van der Waals surface area contributed by atoms with Crippen molar-refractivity contribution in [2.24, 2.45) is 0 Å². The van der Waals surface area contributed by atoms with Crippen molar-refractivity contribution < 1.29 is 4.79 Å². The predicted octanol–water partition coefficient (Wildman–Crippen LogP) is 1.65. The van der Waals surface area contributed by atoms with Crippen molar-refractivity contribution in [1.82, 2.24) is 10.3 Å². The van der Waals surface area contributed by atoms with Crippen LogP contribution in [0.3, 0.4) is 0 Å².